The fourth-order valence-electron chi connectivity index (χ4n) is 5.22. The van der Waals surface area contributed by atoms with E-state index in [4.69, 9.17) is 11.6 Å². The van der Waals surface area contributed by atoms with Crippen molar-refractivity contribution in [2.24, 2.45) is 0 Å². The third-order valence-electron chi connectivity index (χ3n) is 8.55. The Kier molecular flexibility index (Phi) is 6.92. The zero-order chi connectivity index (χ0) is 28.4. The molecule has 4 rings (SSSR count). The Morgan fingerprint density at radius 1 is 1.11 bits per heavy atom. The Hall–Kier alpha value is -2.94. The van der Waals surface area contributed by atoms with Crippen molar-refractivity contribution in [1.82, 2.24) is 15.0 Å². The summed E-state index contributed by atoms with van der Waals surface area (Å²) in [5.41, 5.74) is -0.191. The van der Waals surface area contributed by atoms with E-state index in [-0.39, 0.29) is 17.5 Å². The molecule has 0 aliphatic carbocycles. The fourth-order valence-corrected chi connectivity index (χ4v) is 5.35. The van der Waals surface area contributed by atoms with E-state index in [0.29, 0.717) is 16.7 Å². The number of hydrogen-bond acceptors (Lipinski definition) is 4. The van der Waals surface area contributed by atoms with Crippen LogP contribution in [0.3, 0.4) is 0 Å². The third-order valence-corrected chi connectivity index (χ3v) is 8.80. The lowest BCUT2D eigenvalue weighted by atomic mass is 9.35. The molecule has 2 aliphatic rings. The van der Waals surface area contributed by atoms with Crippen LogP contribution >= 0.6 is 11.6 Å². The average molecular weight is 533 g/mol. The molecule has 1 N–H and O–H groups in total. The maximum atomic E-state index is 15.0. The van der Waals surface area contributed by atoms with Gasteiger partial charge in [0.2, 0.25) is 19.8 Å². The molecule has 2 heterocycles. The molecule has 0 aromatic heterocycles. The Morgan fingerprint density at radius 2 is 1.71 bits per heavy atom. The van der Waals surface area contributed by atoms with Gasteiger partial charge in [0, 0.05) is 28.6 Å². The van der Waals surface area contributed by atoms with Gasteiger partial charge in [-0.25, -0.2) is 0 Å². The Morgan fingerprint density at radius 3 is 2.32 bits per heavy atom. The largest absolute Gasteiger partial charge is 0.389 e. The molecule has 2 aromatic carbocycles. The van der Waals surface area contributed by atoms with Gasteiger partial charge in [0.1, 0.15) is 39.2 Å². The predicted molar refractivity (Wildman–Crippen MR) is 155 cm³/mol. The minimum absolute atomic E-state index is 0.103. The van der Waals surface area contributed by atoms with E-state index in [1.165, 1.54) is 25.0 Å². The summed E-state index contributed by atoms with van der Waals surface area (Å²) in [6, 6.07) is 9.75. The van der Waals surface area contributed by atoms with Crippen molar-refractivity contribution >= 4 is 82.4 Å². The van der Waals surface area contributed by atoms with Crippen LogP contribution in [0.1, 0.15) is 33.0 Å². The van der Waals surface area contributed by atoms with Crippen molar-refractivity contribution in [1.29, 1.82) is 0 Å². The van der Waals surface area contributed by atoms with Crippen LogP contribution in [-0.2, 0) is 26.9 Å². The summed E-state index contributed by atoms with van der Waals surface area (Å²) in [7, 11) is 9.82. The summed E-state index contributed by atoms with van der Waals surface area (Å²) in [6.07, 6.45) is 0. The molecule has 2 aliphatic heterocycles. The highest BCUT2D eigenvalue weighted by molar-refractivity contribution is 6.58. The maximum Gasteiger partial charge on any atom is 0.348 e. The molecule has 0 bridgehead atoms. The fraction of sp³-hybridized carbons (Fsp3) is 0.273. The molecule has 1 fully saturated rings. The second-order valence-corrected chi connectivity index (χ2v) is 11.3. The van der Waals surface area contributed by atoms with Gasteiger partial charge in [0.15, 0.2) is 0 Å². The normalized spacial score (nSPS) is 23.5. The van der Waals surface area contributed by atoms with E-state index in [0.717, 1.165) is 16.9 Å². The number of rotatable bonds is 5. The molecule has 0 radical (unpaired) electrons. The van der Waals surface area contributed by atoms with E-state index in [1.807, 2.05) is 0 Å². The molecule has 0 saturated carbocycles. The first kappa shape index (κ1) is 28.1. The van der Waals surface area contributed by atoms with Gasteiger partial charge < -0.3 is 9.71 Å². The van der Waals surface area contributed by atoms with Gasteiger partial charge in [0.05, 0.1) is 5.44 Å². The van der Waals surface area contributed by atoms with Crippen LogP contribution in [0.5, 0.6) is 0 Å². The number of carbonyl (C=O) groups excluding carboxylic acids is 4. The van der Waals surface area contributed by atoms with E-state index < -0.39 is 51.6 Å². The quantitative estimate of drug-likeness (QED) is 0.326. The number of amides is 4. The zero-order valence-electron chi connectivity index (χ0n) is 22.1. The number of alkyl halides is 2. The standard InChI is InChI=1S/C22H24B6ClF2N3O4/c23-14(34(28)19(38)22(30,31)11-2-4-12(29)5-3-11)9-1-6-13-10(7-9)8-33(15(13)35)21(27)16(24)20(25,26)17(36)32-18(21)37/h1-7,14,16H,8,23-28H2,(H,32,36,37)/t14?,16?,21-/m1/s1. The lowest BCUT2D eigenvalue weighted by molar-refractivity contribution is -0.154. The highest BCUT2D eigenvalue weighted by Gasteiger charge is 2.58. The molecule has 38 heavy (non-hydrogen) atoms. The van der Waals surface area contributed by atoms with Crippen molar-refractivity contribution < 1.29 is 28.0 Å². The van der Waals surface area contributed by atoms with Crippen LogP contribution in [0, 0.1) is 0 Å². The van der Waals surface area contributed by atoms with E-state index in [2.05, 4.69) is 5.32 Å². The average Bonchev–Trinajstić information content (AvgIpc) is 3.21. The van der Waals surface area contributed by atoms with Crippen LogP contribution in [-0.4, -0.2) is 86.0 Å². The van der Waals surface area contributed by atoms with Gasteiger partial charge in [-0.1, -0.05) is 35.9 Å². The highest BCUT2D eigenvalue weighted by Crippen LogP contribution is 2.47. The van der Waals surface area contributed by atoms with Crippen molar-refractivity contribution in [2.45, 2.75) is 34.9 Å². The second kappa shape index (κ2) is 9.36. The van der Waals surface area contributed by atoms with E-state index in [1.54, 1.807) is 57.4 Å². The van der Waals surface area contributed by atoms with Crippen molar-refractivity contribution in [3.05, 3.63) is 69.7 Å². The molecule has 16 heteroatoms. The number of fused-ring (bicyclic) bond motifs is 1. The molecule has 190 valence electrons. The van der Waals surface area contributed by atoms with Crippen molar-refractivity contribution in [2.75, 3.05) is 0 Å². The number of benzene rings is 2. The minimum Gasteiger partial charge on any atom is -0.389 e. The first-order valence-corrected chi connectivity index (χ1v) is 12.6. The second-order valence-electron chi connectivity index (χ2n) is 10.9. The molecular formula is C22H24B6ClF2N3O4. The Bertz CT molecular complexity index is 1370. The number of nitrogens with one attached hydrogen (secondary N) is 1. The lowest BCUT2D eigenvalue weighted by Crippen LogP contribution is -2.70. The van der Waals surface area contributed by atoms with Gasteiger partial charge in [-0.05, 0) is 40.4 Å². The van der Waals surface area contributed by atoms with Gasteiger partial charge in [-0.3, -0.25) is 24.5 Å². The summed E-state index contributed by atoms with van der Waals surface area (Å²) >= 11 is 5.79. The molecule has 2 unspecified atom stereocenters. The number of hydrogen-bond donors (Lipinski definition) is 1. The zero-order valence-corrected chi connectivity index (χ0v) is 22.8. The molecular weight excluding hydrogens is 509 g/mol. The number of piperidine rings is 1. The number of nitrogens with zero attached hydrogens (tertiary/aromatic N) is 2. The highest BCUT2D eigenvalue weighted by atomic mass is 35.5. The molecule has 2 aromatic rings. The summed E-state index contributed by atoms with van der Waals surface area (Å²) in [6.45, 7) is 0.103. The van der Waals surface area contributed by atoms with Gasteiger partial charge in [-0.2, -0.15) is 8.78 Å². The summed E-state index contributed by atoms with van der Waals surface area (Å²) in [4.78, 5) is 54.1. The smallest absolute Gasteiger partial charge is 0.348 e. The molecule has 1 saturated heterocycles. The Balaban J connectivity index is 1.60. The topological polar surface area (TPSA) is 86.8 Å². The molecule has 0 spiro atoms. The van der Waals surface area contributed by atoms with Gasteiger partial charge in [-0.15, -0.1) is 0 Å². The van der Waals surface area contributed by atoms with Crippen molar-refractivity contribution in [3.8, 4) is 0 Å². The van der Waals surface area contributed by atoms with Crippen LogP contribution in [0.25, 0.3) is 0 Å². The third kappa shape index (κ3) is 4.19. The summed E-state index contributed by atoms with van der Waals surface area (Å²) < 4.78 is 30.0. The van der Waals surface area contributed by atoms with Crippen LogP contribution in [0.2, 0.25) is 16.1 Å². The van der Waals surface area contributed by atoms with Crippen LogP contribution < -0.4 is 5.32 Å². The number of imide groups is 1. The van der Waals surface area contributed by atoms with Crippen LogP contribution in [0.15, 0.2) is 42.5 Å². The van der Waals surface area contributed by atoms with Gasteiger partial charge in [0.25, 0.3) is 11.8 Å². The SMILES string of the molecule is BC(c1ccc2c(c1)CN([C@@]1(B)C(=O)NC(=O)C(B)(B)C1B)C2=O)N(B)C(=O)C(F)(F)c1ccc(Cl)cc1. The Labute approximate surface area is 229 Å². The predicted octanol–water partition coefficient (Wildman–Crippen LogP) is -3.11. The first-order valence-electron chi connectivity index (χ1n) is 12.3. The summed E-state index contributed by atoms with van der Waals surface area (Å²) in [5.74, 6) is -7.65. The summed E-state index contributed by atoms with van der Waals surface area (Å²) in [5, 5.41) is 1.80. The number of carbonyl (C=O) groups is 4. The van der Waals surface area contributed by atoms with E-state index in [9.17, 15) is 28.0 Å². The minimum atomic E-state index is -3.76. The first-order chi connectivity index (χ1) is 17.5. The molecule has 4 amide bonds. The number of halogens is 3. The van der Waals surface area contributed by atoms with Gasteiger partial charge >= 0.3 is 5.92 Å². The molecule has 7 nitrogen and oxygen atoms in total. The van der Waals surface area contributed by atoms with E-state index >= 15 is 0 Å². The monoisotopic (exact) mass is 533 g/mol. The van der Waals surface area contributed by atoms with Crippen LogP contribution in [0.4, 0.5) is 8.78 Å². The van der Waals surface area contributed by atoms with Crippen molar-refractivity contribution in [3.63, 3.8) is 0 Å². The maximum absolute atomic E-state index is 15.0. The lowest BCUT2D eigenvalue weighted by Gasteiger charge is -2.51. The molecule has 3 atom stereocenters.